The first-order valence-electron chi connectivity index (χ1n) is 7.15. The predicted octanol–water partition coefficient (Wildman–Crippen LogP) is 2.45. The zero-order chi connectivity index (χ0) is 13.8. The maximum absolute atomic E-state index is 10.4. The maximum atomic E-state index is 10.4. The average Bonchev–Trinajstić information content (AvgIpc) is 2.53. The van der Waals surface area contributed by atoms with Crippen LogP contribution < -0.4 is 0 Å². The lowest BCUT2D eigenvalue weighted by Crippen LogP contribution is -2.34. The minimum absolute atomic E-state index is 0.258. The Hall–Kier alpha value is -0.900. The van der Waals surface area contributed by atoms with Crippen molar-refractivity contribution < 1.29 is 9.84 Å². The van der Waals surface area contributed by atoms with Gasteiger partial charge in [0.1, 0.15) is 0 Å². The molecule has 2 rings (SSSR count). The first kappa shape index (κ1) is 14.5. The molecule has 0 bridgehead atoms. The van der Waals surface area contributed by atoms with Crippen LogP contribution in [0.1, 0.15) is 36.1 Å². The van der Waals surface area contributed by atoms with Crippen LogP contribution in [-0.2, 0) is 4.74 Å². The lowest BCUT2D eigenvalue weighted by atomic mass is 10.0. The molecule has 1 aromatic carbocycles. The molecule has 2 atom stereocenters. The fourth-order valence-electron chi connectivity index (χ4n) is 2.79. The van der Waals surface area contributed by atoms with Crippen molar-refractivity contribution in [2.45, 2.75) is 39.4 Å². The van der Waals surface area contributed by atoms with E-state index in [0.717, 1.165) is 31.7 Å². The van der Waals surface area contributed by atoms with Crippen LogP contribution in [0.5, 0.6) is 0 Å². The molecular weight excluding hydrogens is 238 g/mol. The third-order valence-electron chi connectivity index (χ3n) is 3.75. The monoisotopic (exact) mass is 263 g/mol. The maximum Gasteiger partial charge on any atom is 0.0919 e. The molecule has 1 aliphatic heterocycles. The van der Waals surface area contributed by atoms with Crippen molar-refractivity contribution in [3.05, 3.63) is 34.9 Å². The summed E-state index contributed by atoms with van der Waals surface area (Å²) in [5.41, 5.74) is 3.46. The minimum atomic E-state index is -0.411. The number of benzene rings is 1. The zero-order valence-electron chi connectivity index (χ0n) is 12.2. The summed E-state index contributed by atoms with van der Waals surface area (Å²) in [6.07, 6.45) is 0.893. The highest BCUT2D eigenvalue weighted by Crippen LogP contribution is 2.20. The van der Waals surface area contributed by atoms with Crippen molar-refractivity contribution in [2.75, 3.05) is 26.2 Å². The molecule has 1 saturated heterocycles. The van der Waals surface area contributed by atoms with Gasteiger partial charge in [0.2, 0.25) is 0 Å². The molecule has 106 valence electrons. The number of hydrogen-bond donors (Lipinski definition) is 1. The molecule has 0 amide bonds. The highest BCUT2D eigenvalue weighted by Gasteiger charge is 2.19. The number of aliphatic hydroxyl groups excluding tert-OH is 1. The van der Waals surface area contributed by atoms with Gasteiger partial charge in [0.25, 0.3) is 0 Å². The van der Waals surface area contributed by atoms with Crippen molar-refractivity contribution in [3.8, 4) is 0 Å². The number of rotatable bonds is 3. The van der Waals surface area contributed by atoms with Gasteiger partial charge in [-0.2, -0.15) is 0 Å². The van der Waals surface area contributed by atoms with Crippen LogP contribution in [0.4, 0.5) is 0 Å². The predicted molar refractivity (Wildman–Crippen MR) is 77.3 cm³/mol. The molecule has 3 nitrogen and oxygen atoms in total. The third-order valence-corrected chi connectivity index (χ3v) is 3.75. The summed E-state index contributed by atoms with van der Waals surface area (Å²) in [6, 6.07) is 6.25. The van der Waals surface area contributed by atoms with Crippen LogP contribution in [0.15, 0.2) is 18.2 Å². The van der Waals surface area contributed by atoms with Crippen LogP contribution in [0.3, 0.4) is 0 Å². The van der Waals surface area contributed by atoms with Gasteiger partial charge < -0.3 is 9.84 Å². The summed E-state index contributed by atoms with van der Waals surface area (Å²) in [6.45, 7) is 9.68. The van der Waals surface area contributed by atoms with Crippen LogP contribution in [0, 0.1) is 13.8 Å². The average molecular weight is 263 g/mol. The quantitative estimate of drug-likeness (QED) is 0.909. The van der Waals surface area contributed by atoms with E-state index in [1.165, 1.54) is 11.1 Å². The second-order valence-electron chi connectivity index (χ2n) is 5.67. The van der Waals surface area contributed by atoms with Crippen molar-refractivity contribution in [1.29, 1.82) is 0 Å². The van der Waals surface area contributed by atoms with Gasteiger partial charge in [-0.1, -0.05) is 23.8 Å². The first-order valence-corrected chi connectivity index (χ1v) is 7.15. The van der Waals surface area contributed by atoms with E-state index in [1.54, 1.807) is 0 Å². The Labute approximate surface area is 116 Å². The fraction of sp³-hybridized carbons (Fsp3) is 0.625. The van der Waals surface area contributed by atoms with E-state index in [2.05, 4.69) is 37.8 Å². The van der Waals surface area contributed by atoms with Gasteiger partial charge in [0, 0.05) is 26.2 Å². The molecule has 0 saturated carbocycles. The Morgan fingerprint density at radius 2 is 2.21 bits per heavy atom. The molecule has 1 fully saturated rings. The van der Waals surface area contributed by atoms with Gasteiger partial charge >= 0.3 is 0 Å². The number of aryl methyl sites for hydroxylation is 2. The lowest BCUT2D eigenvalue weighted by molar-refractivity contribution is 0.0561. The Balaban J connectivity index is 2.01. The molecule has 19 heavy (non-hydrogen) atoms. The van der Waals surface area contributed by atoms with Crippen molar-refractivity contribution >= 4 is 0 Å². The summed E-state index contributed by atoms with van der Waals surface area (Å²) < 4.78 is 5.64. The molecule has 2 unspecified atom stereocenters. The van der Waals surface area contributed by atoms with E-state index in [4.69, 9.17) is 4.74 Å². The normalized spacial score (nSPS) is 23.1. The molecule has 1 N–H and O–H groups in total. The molecular formula is C16H25NO2. The SMILES string of the molecule is Cc1ccc(C(O)CN2CCCOC(C)C2)c(C)c1. The zero-order valence-corrected chi connectivity index (χ0v) is 12.2. The van der Waals surface area contributed by atoms with Gasteiger partial charge in [0.15, 0.2) is 0 Å². The largest absolute Gasteiger partial charge is 0.387 e. The Kier molecular flexibility index (Phi) is 4.97. The second kappa shape index (κ2) is 6.51. The third kappa shape index (κ3) is 4.03. The summed E-state index contributed by atoms with van der Waals surface area (Å²) in [4.78, 5) is 2.31. The number of ether oxygens (including phenoxy) is 1. The Morgan fingerprint density at radius 3 is 2.95 bits per heavy atom. The van der Waals surface area contributed by atoms with Gasteiger partial charge in [-0.15, -0.1) is 0 Å². The molecule has 1 heterocycles. The van der Waals surface area contributed by atoms with E-state index in [9.17, 15) is 5.11 Å². The molecule has 0 aromatic heterocycles. The highest BCUT2D eigenvalue weighted by molar-refractivity contribution is 5.32. The number of aliphatic hydroxyl groups is 1. The summed E-state index contributed by atoms with van der Waals surface area (Å²) in [5, 5.41) is 10.4. The van der Waals surface area contributed by atoms with Crippen molar-refractivity contribution in [2.24, 2.45) is 0 Å². The van der Waals surface area contributed by atoms with Crippen molar-refractivity contribution in [3.63, 3.8) is 0 Å². The Morgan fingerprint density at radius 1 is 1.42 bits per heavy atom. The van der Waals surface area contributed by atoms with Crippen LogP contribution >= 0.6 is 0 Å². The Bertz CT molecular complexity index is 419. The van der Waals surface area contributed by atoms with Gasteiger partial charge in [0.05, 0.1) is 12.2 Å². The van der Waals surface area contributed by atoms with E-state index in [-0.39, 0.29) is 6.10 Å². The second-order valence-corrected chi connectivity index (χ2v) is 5.67. The molecule has 1 aliphatic rings. The van der Waals surface area contributed by atoms with Gasteiger partial charge in [-0.3, -0.25) is 4.90 Å². The standard InChI is InChI=1S/C16H25NO2/c1-12-5-6-15(13(2)9-12)16(18)11-17-7-4-8-19-14(3)10-17/h5-6,9,14,16,18H,4,7-8,10-11H2,1-3H3. The summed E-state index contributed by atoms with van der Waals surface area (Å²) >= 11 is 0. The van der Waals surface area contributed by atoms with E-state index >= 15 is 0 Å². The van der Waals surface area contributed by atoms with E-state index in [1.807, 2.05) is 6.07 Å². The first-order chi connectivity index (χ1) is 9.06. The summed E-state index contributed by atoms with van der Waals surface area (Å²) in [5.74, 6) is 0. The summed E-state index contributed by atoms with van der Waals surface area (Å²) in [7, 11) is 0. The van der Waals surface area contributed by atoms with E-state index in [0.29, 0.717) is 6.54 Å². The van der Waals surface area contributed by atoms with Crippen LogP contribution in [0.2, 0.25) is 0 Å². The van der Waals surface area contributed by atoms with Crippen molar-refractivity contribution in [1.82, 2.24) is 4.90 Å². The smallest absolute Gasteiger partial charge is 0.0919 e. The molecule has 0 spiro atoms. The minimum Gasteiger partial charge on any atom is -0.387 e. The molecule has 0 radical (unpaired) electrons. The number of β-amino-alcohol motifs (C(OH)–C–C–N with tert-alkyl or cyclic N) is 1. The van der Waals surface area contributed by atoms with Crippen LogP contribution in [-0.4, -0.2) is 42.4 Å². The lowest BCUT2D eigenvalue weighted by Gasteiger charge is -2.25. The number of nitrogens with zero attached hydrogens (tertiary/aromatic N) is 1. The van der Waals surface area contributed by atoms with Gasteiger partial charge in [-0.25, -0.2) is 0 Å². The van der Waals surface area contributed by atoms with Gasteiger partial charge in [-0.05, 0) is 38.3 Å². The topological polar surface area (TPSA) is 32.7 Å². The molecule has 0 aliphatic carbocycles. The highest BCUT2D eigenvalue weighted by atomic mass is 16.5. The van der Waals surface area contributed by atoms with E-state index < -0.39 is 6.10 Å². The van der Waals surface area contributed by atoms with Crippen LogP contribution in [0.25, 0.3) is 0 Å². The molecule has 3 heteroatoms. The fourth-order valence-corrected chi connectivity index (χ4v) is 2.79. The molecule has 1 aromatic rings. The number of hydrogen-bond acceptors (Lipinski definition) is 3.